The molecule has 1 unspecified atom stereocenters. The van der Waals surface area contributed by atoms with E-state index in [1.807, 2.05) is 0 Å². The van der Waals surface area contributed by atoms with Gasteiger partial charge in [0.05, 0.1) is 24.2 Å². The molecule has 8 fully saturated rings. The fraction of sp³-hybridized carbons (Fsp3) is 0.951. The smallest absolute Gasteiger partial charge is 0.335 e. The largest absolute Gasteiger partial charge is 0.479 e. The minimum atomic E-state index is -1.88. The van der Waals surface area contributed by atoms with Crippen LogP contribution in [-0.2, 0) is 33.3 Å². The number of carbonyl (C=O) groups excluding carboxylic acids is 1. The first-order valence-corrected chi connectivity index (χ1v) is 20.6. The molecule has 19 atom stereocenters. The molecule has 14 nitrogen and oxygen atoms in total. The first-order chi connectivity index (χ1) is 25.5. The summed E-state index contributed by atoms with van der Waals surface area (Å²) in [6.07, 6.45) is -8.40. The summed E-state index contributed by atoms with van der Waals surface area (Å²) in [5, 5.41) is 75.6. The number of hydrogen-bond donors (Lipinski definition) is 7. The van der Waals surface area contributed by atoms with E-state index >= 15 is 0 Å². The molecule has 7 N–H and O–H groups in total. The van der Waals surface area contributed by atoms with Gasteiger partial charge in [-0.2, -0.15) is 0 Å². The number of esters is 1. The summed E-state index contributed by atoms with van der Waals surface area (Å²) in [5.41, 5.74) is -2.81. The van der Waals surface area contributed by atoms with Crippen molar-refractivity contribution >= 4 is 11.9 Å². The standard InChI is InChI=1S/C41H64O14/c1-35(2)12-14-40-15-13-39(7)38(6)11-8-20-36(3,4)24(9-10-37(20,5)21(38)16-23(43)41(39,22(40)17-35)55-34(40)50)52-33-28(47)29(27(46)30(54-33)31(48)49)53-32-26(45)25(44)19(42)18-51-32/h19-30,32-33,42-47H,8-18H2,1-7H3,(H,48,49)/t19-,20?,21-,22-,23+,24+,25+,26-,27+,28-,29+,30+,32+,33-,37+,38-,39+,40+,41-/m1/s1. The first-order valence-electron chi connectivity index (χ1n) is 20.6. The Bertz CT molecular complexity index is 1550. The van der Waals surface area contributed by atoms with Gasteiger partial charge in [-0.05, 0) is 97.7 Å². The fourth-order valence-corrected chi connectivity index (χ4v) is 14.6. The predicted octanol–water partition coefficient (Wildman–Crippen LogP) is 2.26. The van der Waals surface area contributed by atoms with Crippen molar-refractivity contribution in [2.45, 2.75) is 186 Å². The molecule has 0 aromatic heterocycles. The van der Waals surface area contributed by atoms with Crippen molar-refractivity contribution in [2.24, 2.45) is 50.2 Å². The second-order valence-corrected chi connectivity index (χ2v) is 21.0. The van der Waals surface area contributed by atoms with Crippen LogP contribution in [0.4, 0.5) is 0 Å². The van der Waals surface area contributed by atoms with Gasteiger partial charge in [0.2, 0.25) is 0 Å². The third-order valence-corrected chi connectivity index (χ3v) is 17.8. The van der Waals surface area contributed by atoms with E-state index < -0.39 is 95.3 Å². The zero-order chi connectivity index (χ0) is 40.1. The topological polar surface area (TPSA) is 222 Å². The zero-order valence-electron chi connectivity index (χ0n) is 33.3. The average molecular weight is 781 g/mol. The highest BCUT2D eigenvalue weighted by molar-refractivity contribution is 5.82. The maximum absolute atomic E-state index is 14.0. The summed E-state index contributed by atoms with van der Waals surface area (Å²) < 4.78 is 30.0. The number of aliphatic hydroxyl groups is 6. The third kappa shape index (κ3) is 5.27. The number of ether oxygens (including phenoxy) is 5. The number of aliphatic carboxylic acids is 1. The van der Waals surface area contributed by atoms with E-state index in [2.05, 4.69) is 48.5 Å². The van der Waals surface area contributed by atoms with Crippen LogP contribution in [0.2, 0.25) is 0 Å². The van der Waals surface area contributed by atoms with Crippen LogP contribution < -0.4 is 0 Å². The monoisotopic (exact) mass is 780 g/mol. The van der Waals surface area contributed by atoms with Gasteiger partial charge in [0, 0.05) is 11.3 Å². The number of rotatable bonds is 5. The van der Waals surface area contributed by atoms with Gasteiger partial charge >= 0.3 is 11.9 Å². The van der Waals surface area contributed by atoms with Crippen molar-refractivity contribution in [3.8, 4) is 0 Å². The van der Waals surface area contributed by atoms with Gasteiger partial charge in [0.25, 0.3) is 0 Å². The van der Waals surface area contributed by atoms with Gasteiger partial charge in [0.1, 0.15) is 42.2 Å². The highest BCUT2D eigenvalue weighted by Gasteiger charge is 2.83. The van der Waals surface area contributed by atoms with Gasteiger partial charge in [-0.25, -0.2) is 4.79 Å². The normalized spacial score (nSPS) is 56.6. The van der Waals surface area contributed by atoms with Gasteiger partial charge in [0.15, 0.2) is 18.7 Å². The summed E-state index contributed by atoms with van der Waals surface area (Å²) in [7, 11) is 0. The molecule has 5 aliphatic carbocycles. The SMILES string of the molecule is CC1(C)CC[C@@]23CC[C@]4(C)[C@@](OC2=O)([C@@H]3C1)[C@@H](O)C[C@@H]1[C@@]2(C)CC[C@H](O[C@@H]3O[C@H](C(=O)O)[C@@H](O)[C@H](O[C@@H]5OC[C@@H](O)[C@H](O)[C@H]5O)[C@H]3O)C(C)(C)C2CC[C@]14C. The quantitative estimate of drug-likeness (QED) is 0.157. The molecule has 3 aliphatic heterocycles. The fourth-order valence-electron chi connectivity index (χ4n) is 14.6. The van der Waals surface area contributed by atoms with Crippen LogP contribution in [0.25, 0.3) is 0 Å². The van der Waals surface area contributed by atoms with Crippen LogP contribution >= 0.6 is 0 Å². The number of hydrogen-bond acceptors (Lipinski definition) is 13. The maximum Gasteiger partial charge on any atom is 0.335 e. The van der Waals surface area contributed by atoms with Crippen molar-refractivity contribution in [3.63, 3.8) is 0 Å². The summed E-state index contributed by atoms with van der Waals surface area (Å²) in [6.45, 7) is 15.5. The number of carbonyl (C=O) groups is 2. The summed E-state index contributed by atoms with van der Waals surface area (Å²) >= 11 is 0. The lowest BCUT2D eigenvalue weighted by atomic mass is 9.30. The van der Waals surface area contributed by atoms with Crippen molar-refractivity contribution in [2.75, 3.05) is 6.61 Å². The molecule has 0 radical (unpaired) electrons. The van der Waals surface area contributed by atoms with Crippen molar-refractivity contribution < 1.29 is 69.0 Å². The molecular weight excluding hydrogens is 716 g/mol. The zero-order valence-corrected chi connectivity index (χ0v) is 33.3. The van der Waals surface area contributed by atoms with Gasteiger partial charge in [-0.15, -0.1) is 0 Å². The third-order valence-electron chi connectivity index (χ3n) is 17.8. The number of fused-ring (bicyclic) bond motifs is 4. The van der Waals surface area contributed by atoms with Crippen LogP contribution in [-0.4, -0.2) is 127 Å². The molecule has 3 saturated heterocycles. The number of carboxylic acids is 1. The lowest BCUT2D eigenvalue weighted by Crippen LogP contribution is -2.76. The summed E-state index contributed by atoms with van der Waals surface area (Å²) in [6, 6.07) is 0. The lowest BCUT2D eigenvalue weighted by molar-refractivity contribution is -0.359. The summed E-state index contributed by atoms with van der Waals surface area (Å²) in [5.74, 6) is -1.41. The average Bonchev–Trinajstić information content (AvgIpc) is 3.29. The molecule has 2 bridgehead atoms. The maximum atomic E-state index is 14.0. The van der Waals surface area contributed by atoms with Gasteiger partial charge in [-0.3, -0.25) is 4.79 Å². The summed E-state index contributed by atoms with van der Waals surface area (Å²) in [4.78, 5) is 26.3. The molecule has 3 heterocycles. The minimum Gasteiger partial charge on any atom is -0.479 e. The Morgan fingerprint density at radius 2 is 1.44 bits per heavy atom. The second-order valence-electron chi connectivity index (χ2n) is 21.0. The van der Waals surface area contributed by atoms with Crippen LogP contribution in [0.15, 0.2) is 0 Å². The molecule has 312 valence electrons. The number of aliphatic hydroxyl groups excluding tert-OH is 6. The Morgan fingerprint density at radius 1 is 0.745 bits per heavy atom. The van der Waals surface area contributed by atoms with Crippen molar-refractivity contribution in [1.82, 2.24) is 0 Å². The highest BCUT2D eigenvalue weighted by atomic mass is 16.7. The van der Waals surface area contributed by atoms with Crippen LogP contribution in [0, 0.1) is 50.2 Å². The van der Waals surface area contributed by atoms with Crippen molar-refractivity contribution in [1.29, 1.82) is 0 Å². The molecular formula is C41H64O14. The Labute approximate surface area is 323 Å². The molecule has 8 aliphatic rings. The highest BCUT2D eigenvalue weighted by Crippen LogP contribution is 2.80. The van der Waals surface area contributed by atoms with Gasteiger partial charge in [-0.1, -0.05) is 48.5 Å². The predicted molar refractivity (Wildman–Crippen MR) is 192 cm³/mol. The Morgan fingerprint density at radius 3 is 2.13 bits per heavy atom. The molecule has 14 heteroatoms. The van der Waals surface area contributed by atoms with Crippen LogP contribution in [0.3, 0.4) is 0 Å². The van der Waals surface area contributed by atoms with E-state index in [9.17, 15) is 45.3 Å². The number of carboxylic acid groups (broad SMARTS) is 1. The Hall–Kier alpha value is -1.46. The molecule has 5 saturated carbocycles. The van der Waals surface area contributed by atoms with E-state index in [0.29, 0.717) is 12.8 Å². The van der Waals surface area contributed by atoms with E-state index in [1.165, 1.54) is 0 Å². The molecule has 0 aromatic rings. The lowest BCUT2D eigenvalue weighted by Gasteiger charge is -2.74. The molecule has 0 aromatic carbocycles. The molecule has 0 amide bonds. The molecule has 55 heavy (non-hydrogen) atoms. The van der Waals surface area contributed by atoms with E-state index in [-0.39, 0.29) is 46.6 Å². The molecule has 8 rings (SSSR count). The molecule has 1 spiro atoms. The Balaban J connectivity index is 1.05. The van der Waals surface area contributed by atoms with Crippen LogP contribution in [0.1, 0.15) is 113 Å². The Kier molecular flexibility index (Phi) is 9.36. The van der Waals surface area contributed by atoms with Gasteiger partial charge < -0.3 is 59.4 Å². The van der Waals surface area contributed by atoms with E-state index in [0.717, 1.165) is 51.4 Å². The second kappa shape index (κ2) is 12.8. The van der Waals surface area contributed by atoms with Crippen molar-refractivity contribution in [3.05, 3.63) is 0 Å². The van der Waals surface area contributed by atoms with E-state index in [4.69, 9.17) is 23.7 Å². The minimum absolute atomic E-state index is 0.0265. The van der Waals surface area contributed by atoms with Crippen LogP contribution in [0.5, 0.6) is 0 Å². The first kappa shape index (κ1) is 40.3. The van der Waals surface area contributed by atoms with E-state index in [1.54, 1.807) is 0 Å².